The van der Waals surface area contributed by atoms with Crippen molar-refractivity contribution < 1.29 is 18.9 Å². The van der Waals surface area contributed by atoms with E-state index in [0.29, 0.717) is 6.61 Å². The van der Waals surface area contributed by atoms with Crippen LogP contribution in [0.15, 0.2) is 11.8 Å². The van der Waals surface area contributed by atoms with Crippen molar-refractivity contribution in [1.82, 2.24) is 0 Å². The van der Waals surface area contributed by atoms with Crippen LogP contribution in [-0.2, 0) is 18.9 Å². The molecule has 0 spiro atoms. The van der Waals surface area contributed by atoms with E-state index in [1.54, 1.807) is 21.3 Å². The quantitative estimate of drug-likeness (QED) is 0.205. The zero-order valence-corrected chi connectivity index (χ0v) is 16.9. The summed E-state index contributed by atoms with van der Waals surface area (Å²) in [5, 5.41) is 0. The van der Waals surface area contributed by atoms with Gasteiger partial charge in [-0.2, -0.15) is 0 Å². The Labute approximate surface area is 149 Å². The van der Waals surface area contributed by atoms with Crippen LogP contribution in [0.2, 0.25) is 0 Å². The molecule has 0 radical (unpaired) electrons. The van der Waals surface area contributed by atoms with Gasteiger partial charge in [0.15, 0.2) is 0 Å². The van der Waals surface area contributed by atoms with Gasteiger partial charge in [0.2, 0.25) is 0 Å². The summed E-state index contributed by atoms with van der Waals surface area (Å²) >= 11 is 0. The number of hydrogen-bond acceptors (Lipinski definition) is 4. The van der Waals surface area contributed by atoms with Crippen LogP contribution in [0.4, 0.5) is 0 Å². The Kier molecular flexibility index (Phi) is 14.4. The van der Waals surface area contributed by atoms with E-state index in [1.807, 2.05) is 20.1 Å². The maximum atomic E-state index is 5.59. The summed E-state index contributed by atoms with van der Waals surface area (Å²) in [5.41, 5.74) is 1.18. The summed E-state index contributed by atoms with van der Waals surface area (Å²) in [6, 6.07) is 0. The highest BCUT2D eigenvalue weighted by atomic mass is 16.9. The van der Waals surface area contributed by atoms with E-state index in [9.17, 15) is 0 Å². The summed E-state index contributed by atoms with van der Waals surface area (Å²) < 4.78 is 22.3. The smallest absolute Gasteiger partial charge is 0.285 e. The van der Waals surface area contributed by atoms with Crippen LogP contribution in [0.5, 0.6) is 0 Å². The SMILES string of the molecule is CCCCCCCCC(CCCOC=C(C)C)C(OC)(OC)OC. The van der Waals surface area contributed by atoms with E-state index < -0.39 is 5.97 Å². The predicted octanol–water partition coefficient (Wildman–Crippen LogP) is 5.67. The third-order valence-electron chi connectivity index (χ3n) is 4.39. The van der Waals surface area contributed by atoms with Crippen LogP contribution in [0.25, 0.3) is 0 Å². The molecule has 0 saturated heterocycles. The molecule has 0 heterocycles. The van der Waals surface area contributed by atoms with Crippen molar-refractivity contribution in [2.75, 3.05) is 27.9 Å². The third kappa shape index (κ3) is 9.65. The second-order valence-electron chi connectivity index (χ2n) is 6.68. The lowest BCUT2D eigenvalue weighted by atomic mass is 9.93. The van der Waals surface area contributed by atoms with Crippen LogP contribution in [0, 0.1) is 5.92 Å². The summed E-state index contributed by atoms with van der Waals surface area (Å²) in [6.45, 7) is 7.03. The van der Waals surface area contributed by atoms with E-state index >= 15 is 0 Å². The zero-order chi connectivity index (χ0) is 18.3. The van der Waals surface area contributed by atoms with Crippen molar-refractivity contribution in [2.24, 2.45) is 5.92 Å². The molecule has 144 valence electrons. The molecule has 0 aliphatic rings. The van der Waals surface area contributed by atoms with E-state index in [4.69, 9.17) is 18.9 Å². The fourth-order valence-electron chi connectivity index (χ4n) is 3.06. The van der Waals surface area contributed by atoms with E-state index in [-0.39, 0.29) is 5.92 Å². The van der Waals surface area contributed by atoms with Gasteiger partial charge in [-0.05, 0) is 38.7 Å². The lowest BCUT2D eigenvalue weighted by molar-refractivity contribution is -0.380. The van der Waals surface area contributed by atoms with Crippen LogP contribution in [-0.4, -0.2) is 33.9 Å². The van der Waals surface area contributed by atoms with E-state index in [2.05, 4.69) is 6.92 Å². The molecule has 0 aromatic rings. The summed E-state index contributed by atoms with van der Waals surface area (Å²) in [4.78, 5) is 0. The van der Waals surface area contributed by atoms with Crippen LogP contribution in [0.3, 0.4) is 0 Å². The minimum atomic E-state index is -0.945. The molecular formula is C20H40O4. The number of allylic oxidation sites excluding steroid dienone is 1. The number of methoxy groups -OCH3 is 3. The van der Waals surface area contributed by atoms with Crippen molar-refractivity contribution in [3.05, 3.63) is 11.8 Å². The van der Waals surface area contributed by atoms with Gasteiger partial charge in [-0.15, -0.1) is 0 Å². The first-order chi connectivity index (χ1) is 11.6. The summed E-state index contributed by atoms with van der Waals surface area (Å²) in [5.74, 6) is -0.737. The van der Waals surface area contributed by atoms with Gasteiger partial charge in [0.25, 0.3) is 5.97 Å². The Morgan fingerprint density at radius 1 is 0.833 bits per heavy atom. The fraction of sp³-hybridized carbons (Fsp3) is 0.900. The molecule has 0 saturated carbocycles. The van der Waals surface area contributed by atoms with Gasteiger partial charge in [-0.1, -0.05) is 45.4 Å². The molecule has 0 rings (SSSR count). The normalized spacial score (nSPS) is 12.9. The lowest BCUT2D eigenvalue weighted by Gasteiger charge is -2.36. The molecule has 0 aromatic heterocycles. The number of ether oxygens (including phenoxy) is 4. The second-order valence-corrected chi connectivity index (χ2v) is 6.68. The Morgan fingerprint density at radius 3 is 1.92 bits per heavy atom. The molecule has 1 atom stereocenters. The average molecular weight is 345 g/mol. The molecule has 0 bridgehead atoms. The van der Waals surface area contributed by atoms with E-state index in [1.165, 1.54) is 44.1 Å². The highest BCUT2D eigenvalue weighted by molar-refractivity contribution is 4.86. The predicted molar refractivity (Wildman–Crippen MR) is 99.9 cm³/mol. The first kappa shape index (κ1) is 23.4. The minimum absolute atomic E-state index is 0.207. The maximum absolute atomic E-state index is 5.59. The standard InChI is InChI=1S/C20H40O4/c1-7-8-9-10-11-12-14-19(20(21-4,22-5)23-6)15-13-16-24-17-18(2)3/h17,19H,7-16H2,1-6H3. The van der Waals surface area contributed by atoms with Gasteiger partial charge in [0, 0.05) is 27.2 Å². The Hall–Kier alpha value is -0.580. The lowest BCUT2D eigenvalue weighted by Crippen LogP contribution is -2.44. The van der Waals surface area contributed by atoms with Crippen LogP contribution < -0.4 is 0 Å². The molecule has 0 aliphatic carbocycles. The number of unbranched alkanes of at least 4 members (excludes halogenated alkanes) is 5. The highest BCUT2D eigenvalue weighted by Crippen LogP contribution is 2.32. The molecule has 0 amide bonds. The second kappa shape index (κ2) is 14.7. The molecule has 0 fully saturated rings. The third-order valence-corrected chi connectivity index (χ3v) is 4.39. The van der Waals surface area contributed by atoms with Gasteiger partial charge in [0.1, 0.15) is 0 Å². The van der Waals surface area contributed by atoms with Gasteiger partial charge < -0.3 is 18.9 Å². The average Bonchev–Trinajstić information content (AvgIpc) is 2.58. The first-order valence-electron chi connectivity index (χ1n) is 9.46. The molecule has 1 unspecified atom stereocenters. The fourth-order valence-corrected chi connectivity index (χ4v) is 3.06. The first-order valence-corrected chi connectivity index (χ1v) is 9.46. The monoisotopic (exact) mass is 344 g/mol. The zero-order valence-electron chi connectivity index (χ0n) is 16.9. The van der Waals surface area contributed by atoms with Gasteiger partial charge >= 0.3 is 0 Å². The molecule has 0 aromatic carbocycles. The number of rotatable bonds is 16. The van der Waals surface area contributed by atoms with Crippen molar-refractivity contribution in [3.63, 3.8) is 0 Å². The van der Waals surface area contributed by atoms with Crippen molar-refractivity contribution in [1.29, 1.82) is 0 Å². The molecule has 4 nitrogen and oxygen atoms in total. The van der Waals surface area contributed by atoms with Crippen molar-refractivity contribution in [2.45, 2.75) is 84.5 Å². The van der Waals surface area contributed by atoms with Crippen molar-refractivity contribution >= 4 is 0 Å². The Morgan fingerprint density at radius 2 is 1.38 bits per heavy atom. The summed E-state index contributed by atoms with van der Waals surface area (Å²) in [7, 11) is 4.96. The van der Waals surface area contributed by atoms with Crippen molar-refractivity contribution in [3.8, 4) is 0 Å². The Bertz CT molecular complexity index is 298. The van der Waals surface area contributed by atoms with Gasteiger partial charge in [-0.3, -0.25) is 0 Å². The minimum Gasteiger partial charge on any atom is -0.501 e. The topological polar surface area (TPSA) is 36.9 Å². The molecule has 24 heavy (non-hydrogen) atoms. The summed E-state index contributed by atoms with van der Waals surface area (Å²) in [6.07, 6.45) is 12.5. The molecule has 4 heteroatoms. The van der Waals surface area contributed by atoms with Gasteiger partial charge in [-0.25, -0.2) is 0 Å². The highest BCUT2D eigenvalue weighted by Gasteiger charge is 2.39. The van der Waals surface area contributed by atoms with Gasteiger partial charge in [0.05, 0.1) is 12.9 Å². The molecular weight excluding hydrogens is 304 g/mol. The molecule has 0 aliphatic heterocycles. The number of hydrogen-bond donors (Lipinski definition) is 0. The Balaban J connectivity index is 4.41. The van der Waals surface area contributed by atoms with Crippen LogP contribution >= 0.6 is 0 Å². The van der Waals surface area contributed by atoms with E-state index in [0.717, 1.165) is 19.3 Å². The largest absolute Gasteiger partial charge is 0.501 e. The molecule has 0 N–H and O–H groups in total. The van der Waals surface area contributed by atoms with Crippen LogP contribution in [0.1, 0.15) is 78.6 Å². The maximum Gasteiger partial charge on any atom is 0.285 e.